The molecule has 0 heterocycles. The molecule has 0 aliphatic heterocycles. The molecule has 17 heavy (non-hydrogen) atoms. The number of carbonyl (C=O) groups excluding carboxylic acids is 1. The minimum Gasteiger partial charge on any atom is -0.489 e. The molecule has 0 atom stereocenters. The highest BCUT2D eigenvalue weighted by Crippen LogP contribution is 2.14. The van der Waals surface area contributed by atoms with Crippen LogP contribution < -0.4 is 4.74 Å². The number of hydrogen-bond donors (Lipinski definition) is 0. The van der Waals surface area contributed by atoms with Crippen molar-refractivity contribution in [2.75, 3.05) is 0 Å². The van der Waals surface area contributed by atoms with Crippen LogP contribution in [-0.4, -0.2) is 6.29 Å². The van der Waals surface area contributed by atoms with Gasteiger partial charge in [-0.3, -0.25) is 4.79 Å². The third-order valence-electron chi connectivity index (χ3n) is 2.52. The molecule has 0 aromatic heterocycles. The minimum absolute atomic E-state index is 0.516. The second-order valence-corrected chi connectivity index (χ2v) is 3.96. The summed E-state index contributed by atoms with van der Waals surface area (Å²) in [6.07, 6.45) is 0.818. The molecule has 0 amide bonds. The van der Waals surface area contributed by atoms with Crippen molar-refractivity contribution in [3.63, 3.8) is 0 Å². The standard InChI is InChI=1S/C15H14O2/c1-12-5-7-13(8-6-12)11-17-15-4-2-3-14(9-15)10-16/h2-10H,11H2,1H3. The van der Waals surface area contributed by atoms with E-state index in [2.05, 4.69) is 19.1 Å². The van der Waals surface area contributed by atoms with Crippen molar-refractivity contribution in [1.29, 1.82) is 0 Å². The fourth-order valence-electron chi connectivity index (χ4n) is 1.53. The van der Waals surface area contributed by atoms with Crippen molar-refractivity contribution < 1.29 is 9.53 Å². The third kappa shape index (κ3) is 3.18. The predicted molar refractivity (Wildman–Crippen MR) is 67.3 cm³/mol. The molecule has 0 saturated carbocycles. The van der Waals surface area contributed by atoms with E-state index in [9.17, 15) is 4.79 Å². The SMILES string of the molecule is Cc1ccc(COc2cccc(C=O)c2)cc1. The molecular formula is C15H14O2. The van der Waals surface area contributed by atoms with Gasteiger partial charge in [-0.25, -0.2) is 0 Å². The molecular weight excluding hydrogens is 212 g/mol. The van der Waals surface area contributed by atoms with E-state index in [-0.39, 0.29) is 0 Å². The predicted octanol–water partition coefficient (Wildman–Crippen LogP) is 3.39. The lowest BCUT2D eigenvalue weighted by atomic mass is 10.2. The van der Waals surface area contributed by atoms with Gasteiger partial charge < -0.3 is 4.74 Å². The van der Waals surface area contributed by atoms with Crippen molar-refractivity contribution in [3.8, 4) is 5.75 Å². The summed E-state index contributed by atoms with van der Waals surface area (Å²) < 4.78 is 5.62. The Morgan fingerprint density at radius 2 is 1.88 bits per heavy atom. The van der Waals surface area contributed by atoms with Gasteiger partial charge >= 0.3 is 0 Å². The number of aldehydes is 1. The van der Waals surface area contributed by atoms with Crippen molar-refractivity contribution in [1.82, 2.24) is 0 Å². The van der Waals surface area contributed by atoms with Crippen LogP contribution >= 0.6 is 0 Å². The summed E-state index contributed by atoms with van der Waals surface area (Å²) in [6.45, 7) is 2.57. The Morgan fingerprint density at radius 3 is 2.59 bits per heavy atom. The zero-order valence-electron chi connectivity index (χ0n) is 9.72. The van der Waals surface area contributed by atoms with Gasteiger partial charge in [0.1, 0.15) is 18.6 Å². The Hall–Kier alpha value is -2.09. The summed E-state index contributed by atoms with van der Waals surface area (Å²) >= 11 is 0. The smallest absolute Gasteiger partial charge is 0.150 e. The van der Waals surface area contributed by atoms with Gasteiger partial charge in [0, 0.05) is 5.56 Å². The van der Waals surface area contributed by atoms with E-state index in [1.807, 2.05) is 24.3 Å². The van der Waals surface area contributed by atoms with Crippen LogP contribution in [0.5, 0.6) is 5.75 Å². The topological polar surface area (TPSA) is 26.3 Å². The molecule has 2 nitrogen and oxygen atoms in total. The number of ether oxygens (including phenoxy) is 1. The molecule has 0 aliphatic rings. The molecule has 0 bridgehead atoms. The Morgan fingerprint density at radius 1 is 1.12 bits per heavy atom. The molecule has 0 spiro atoms. The van der Waals surface area contributed by atoms with Crippen LogP contribution in [0.4, 0.5) is 0 Å². The van der Waals surface area contributed by atoms with Gasteiger partial charge in [-0.1, -0.05) is 42.0 Å². The molecule has 0 N–H and O–H groups in total. The Labute approximate surface area is 101 Å². The van der Waals surface area contributed by atoms with E-state index in [1.54, 1.807) is 12.1 Å². The van der Waals surface area contributed by atoms with Crippen LogP contribution in [0.3, 0.4) is 0 Å². The fraction of sp³-hybridized carbons (Fsp3) is 0.133. The maximum atomic E-state index is 10.6. The summed E-state index contributed by atoms with van der Waals surface area (Å²) in [5.74, 6) is 0.718. The Balaban J connectivity index is 2.01. The lowest BCUT2D eigenvalue weighted by Gasteiger charge is -2.06. The van der Waals surface area contributed by atoms with Gasteiger partial charge in [-0.15, -0.1) is 0 Å². The number of rotatable bonds is 4. The molecule has 0 radical (unpaired) electrons. The lowest BCUT2D eigenvalue weighted by molar-refractivity contribution is 0.112. The summed E-state index contributed by atoms with van der Waals surface area (Å²) in [5.41, 5.74) is 2.98. The first-order chi connectivity index (χ1) is 8.28. The van der Waals surface area contributed by atoms with Gasteiger partial charge in [-0.05, 0) is 24.6 Å². The van der Waals surface area contributed by atoms with E-state index in [0.717, 1.165) is 17.6 Å². The molecule has 0 aliphatic carbocycles. The van der Waals surface area contributed by atoms with Crippen molar-refractivity contribution in [3.05, 3.63) is 65.2 Å². The third-order valence-corrected chi connectivity index (χ3v) is 2.52. The monoisotopic (exact) mass is 226 g/mol. The minimum atomic E-state index is 0.516. The summed E-state index contributed by atoms with van der Waals surface area (Å²) in [6, 6.07) is 15.3. The summed E-state index contributed by atoms with van der Waals surface area (Å²) in [7, 11) is 0. The second-order valence-electron chi connectivity index (χ2n) is 3.96. The van der Waals surface area contributed by atoms with Crippen molar-refractivity contribution >= 4 is 6.29 Å². The van der Waals surface area contributed by atoms with Crippen LogP contribution in [0.2, 0.25) is 0 Å². The highest BCUT2D eigenvalue weighted by atomic mass is 16.5. The number of benzene rings is 2. The summed E-state index contributed by atoms with van der Waals surface area (Å²) in [5, 5.41) is 0. The van der Waals surface area contributed by atoms with E-state index in [4.69, 9.17) is 4.74 Å². The van der Waals surface area contributed by atoms with Crippen molar-refractivity contribution in [2.24, 2.45) is 0 Å². The normalized spacial score (nSPS) is 9.94. The van der Waals surface area contributed by atoms with E-state index >= 15 is 0 Å². The lowest BCUT2D eigenvalue weighted by Crippen LogP contribution is -1.95. The number of aryl methyl sites for hydroxylation is 1. The molecule has 0 saturated heterocycles. The quantitative estimate of drug-likeness (QED) is 0.747. The van der Waals surface area contributed by atoms with Gasteiger partial charge in [0.05, 0.1) is 0 Å². The average Bonchev–Trinajstić information content (AvgIpc) is 2.38. The van der Waals surface area contributed by atoms with E-state index < -0.39 is 0 Å². The van der Waals surface area contributed by atoms with Gasteiger partial charge in [0.2, 0.25) is 0 Å². The number of carbonyl (C=O) groups is 1. The first-order valence-electron chi connectivity index (χ1n) is 5.51. The molecule has 2 rings (SSSR count). The number of hydrogen-bond acceptors (Lipinski definition) is 2. The first-order valence-corrected chi connectivity index (χ1v) is 5.51. The maximum Gasteiger partial charge on any atom is 0.150 e. The zero-order chi connectivity index (χ0) is 12.1. The van der Waals surface area contributed by atoms with Crippen LogP contribution in [0.1, 0.15) is 21.5 Å². The van der Waals surface area contributed by atoms with Crippen LogP contribution in [0, 0.1) is 6.92 Å². The van der Waals surface area contributed by atoms with Gasteiger partial charge in [0.15, 0.2) is 0 Å². The van der Waals surface area contributed by atoms with Crippen LogP contribution in [0.15, 0.2) is 48.5 Å². The molecule has 2 aromatic rings. The van der Waals surface area contributed by atoms with Gasteiger partial charge in [0.25, 0.3) is 0 Å². The molecule has 0 fully saturated rings. The first kappa shape index (κ1) is 11.4. The largest absolute Gasteiger partial charge is 0.489 e. The Bertz CT molecular complexity index is 501. The van der Waals surface area contributed by atoms with Crippen LogP contribution in [0.25, 0.3) is 0 Å². The molecule has 0 unspecified atom stereocenters. The Kier molecular flexibility index (Phi) is 3.55. The highest BCUT2D eigenvalue weighted by molar-refractivity contribution is 5.75. The molecule has 2 aromatic carbocycles. The summed E-state index contributed by atoms with van der Waals surface area (Å²) in [4.78, 5) is 10.6. The average molecular weight is 226 g/mol. The van der Waals surface area contributed by atoms with E-state index in [1.165, 1.54) is 5.56 Å². The molecule has 2 heteroatoms. The second kappa shape index (κ2) is 5.30. The zero-order valence-corrected chi connectivity index (χ0v) is 9.72. The fourth-order valence-corrected chi connectivity index (χ4v) is 1.53. The molecule has 86 valence electrons. The van der Waals surface area contributed by atoms with Gasteiger partial charge in [-0.2, -0.15) is 0 Å². The van der Waals surface area contributed by atoms with Crippen LogP contribution in [-0.2, 0) is 6.61 Å². The highest BCUT2D eigenvalue weighted by Gasteiger charge is 1.97. The van der Waals surface area contributed by atoms with E-state index in [0.29, 0.717) is 12.2 Å². The van der Waals surface area contributed by atoms with Crippen molar-refractivity contribution in [2.45, 2.75) is 13.5 Å². The maximum absolute atomic E-state index is 10.6.